The van der Waals surface area contributed by atoms with Gasteiger partial charge in [-0.1, -0.05) is 0 Å². The van der Waals surface area contributed by atoms with Crippen molar-refractivity contribution in [2.24, 2.45) is 7.05 Å². The number of carbonyl (C=O) groups is 1. The van der Waals surface area contributed by atoms with E-state index in [9.17, 15) is 9.59 Å². The molecule has 1 amide bonds. The maximum atomic E-state index is 13.4. The standard InChI is InChI=1S/C21H31N5O3/c1-16(2)26(15-18-22-6-8-23(18)4)21(28)19-17(3)5-7-25(20(19)27)10-9-24-11-13-29-14-12-24/h5-8,16H,9-15H2,1-4H3. The minimum atomic E-state index is -0.244. The van der Waals surface area contributed by atoms with Crippen molar-refractivity contribution in [2.75, 3.05) is 32.8 Å². The Morgan fingerprint density at radius 1 is 1.24 bits per heavy atom. The molecule has 3 heterocycles. The fraction of sp³-hybridized carbons (Fsp3) is 0.571. The molecule has 29 heavy (non-hydrogen) atoms. The number of imidazole rings is 1. The Hall–Kier alpha value is -2.45. The zero-order valence-corrected chi connectivity index (χ0v) is 17.8. The number of nitrogens with zero attached hydrogens (tertiary/aromatic N) is 5. The fourth-order valence-corrected chi connectivity index (χ4v) is 3.51. The van der Waals surface area contributed by atoms with Gasteiger partial charge in [0.25, 0.3) is 11.5 Å². The minimum Gasteiger partial charge on any atom is -0.379 e. The van der Waals surface area contributed by atoms with Gasteiger partial charge in [0.05, 0.1) is 19.8 Å². The van der Waals surface area contributed by atoms with Crippen molar-refractivity contribution in [3.05, 3.63) is 52.0 Å². The summed E-state index contributed by atoms with van der Waals surface area (Å²) in [6, 6.07) is 1.80. The normalized spacial score (nSPS) is 15.1. The van der Waals surface area contributed by atoms with E-state index in [4.69, 9.17) is 4.74 Å². The first-order valence-electron chi connectivity index (χ1n) is 10.2. The number of carbonyl (C=O) groups excluding carboxylic acids is 1. The summed E-state index contributed by atoms with van der Waals surface area (Å²) in [5.41, 5.74) is 0.722. The van der Waals surface area contributed by atoms with Crippen molar-refractivity contribution in [3.63, 3.8) is 0 Å². The number of hydrogen-bond acceptors (Lipinski definition) is 5. The smallest absolute Gasteiger partial charge is 0.263 e. The zero-order chi connectivity index (χ0) is 21.0. The van der Waals surface area contributed by atoms with Crippen LogP contribution in [-0.2, 0) is 24.9 Å². The maximum Gasteiger partial charge on any atom is 0.263 e. The zero-order valence-electron chi connectivity index (χ0n) is 17.8. The van der Waals surface area contributed by atoms with Crippen molar-refractivity contribution in [2.45, 2.75) is 39.9 Å². The van der Waals surface area contributed by atoms with Crippen LogP contribution in [0.25, 0.3) is 0 Å². The molecule has 0 aromatic carbocycles. The molecular formula is C21H31N5O3. The molecule has 0 unspecified atom stereocenters. The van der Waals surface area contributed by atoms with Gasteiger partial charge < -0.3 is 18.8 Å². The van der Waals surface area contributed by atoms with E-state index in [2.05, 4.69) is 9.88 Å². The summed E-state index contributed by atoms with van der Waals surface area (Å²) >= 11 is 0. The van der Waals surface area contributed by atoms with E-state index in [1.165, 1.54) is 0 Å². The highest BCUT2D eigenvalue weighted by molar-refractivity contribution is 5.95. The maximum absolute atomic E-state index is 13.4. The Balaban J connectivity index is 1.82. The van der Waals surface area contributed by atoms with Crippen molar-refractivity contribution < 1.29 is 9.53 Å². The van der Waals surface area contributed by atoms with Crippen LogP contribution in [-0.4, -0.2) is 68.7 Å². The van der Waals surface area contributed by atoms with Gasteiger partial charge in [-0.3, -0.25) is 14.5 Å². The highest BCUT2D eigenvalue weighted by atomic mass is 16.5. The second kappa shape index (κ2) is 9.37. The lowest BCUT2D eigenvalue weighted by molar-refractivity contribution is 0.0362. The lowest BCUT2D eigenvalue weighted by atomic mass is 10.1. The Morgan fingerprint density at radius 2 is 1.97 bits per heavy atom. The molecule has 0 saturated carbocycles. The highest BCUT2D eigenvalue weighted by Crippen LogP contribution is 2.13. The summed E-state index contributed by atoms with van der Waals surface area (Å²) in [4.78, 5) is 34.8. The van der Waals surface area contributed by atoms with Gasteiger partial charge in [-0.05, 0) is 32.4 Å². The van der Waals surface area contributed by atoms with Crippen LogP contribution in [0.15, 0.2) is 29.5 Å². The van der Waals surface area contributed by atoms with E-state index >= 15 is 0 Å². The average molecular weight is 402 g/mol. The summed E-state index contributed by atoms with van der Waals surface area (Å²) in [6.07, 6.45) is 5.35. The first-order chi connectivity index (χ1) is 13.9. The van der Waals surface area contributed by atoms with E-state index in [-0.39, 0.29) is 23.1 Å². The lowest BCUT2D eigenvalue weighted by Crippen LogP contribution is -2.42. The number of aromatic nitrogens is 3. The molecule has 0 N–H and O–H groups in total. The van der Waals surface area contributed by atoms with Crippen LogP contribution in [0.1, 0.15) is 35.6 Å². The first kappa shape index (κ1) is 21.3. The third-order valence-corrected chi connectivity index (χ3v) is 5.47. The number of pyridine rings is 1. The van der Waals surface area contributed by atoms with Gasteiger partial charge in [-0.25, -0.2) is 4.98 Å². The molecular weight excluding hydrogens is 370 g/mol. The number of aryl methyl sites for hydroxylation is 2. The number of amides is 1. The first-order valence-corrected chi connectivity index (χ1v) is 10.2. The quantitative estimate of drug-likeness (QED) is 0.699. The van der Waals surface area contributed by atoms with Crippen LogP contribution in [0, 0.1) is 6.92 Å². The van der Waals surface area contributed by atoms with Crippen molar-refractivity contribution in [3.8, 4) is 0 Å². The van der Waals surface area contributed by atoms with Crippen LogP contribution >= 0.6 is 0 Å². The van der Waals surface area contributed by atoms with E-state index in [0.29, 0.717) is 18.7 Å². The molecule has 1 saturated heterocycles. The van der Waals surface area contributed by atoms with Gasteiger partial charge in [0.2, 0.25) is 0 Å². The second-order valence-electron chi connectivity index (χ2n) is 7.81. The van der Waals surface area contributed by atoms with Gasteiger partial charge in [-0.2, -0.15) is 0 Å². The van der Waals surface area contributed by atoms with Crippen LogP contribution < -0.4 is 5.56 Å². The molecule has 2 aromatic heterocycles. The van der Waals surface area contributed by atoms with Gasteiger partial charge in [0.15, 0.2) is 0 Å². The second-order valence-corrected chi connectivity index (χ2v) is 7.81. The van der Waals surface area contributed by atoms with Gasteiger partial charge in [-0.15, -0.1) is 0 Å². The number of rotatable bonds is 7. The van der Waals surface area contributed by atoms with E-state index < -0.39 is 0 Å². The van der Waals surface area contributed by atoms with Crippen molar-refractivity contribution >= 4 is 5.91 Å². The average Bonchev–Trinajstić information content (AvgIpc) is 3.10. The molecule has 0 radical (unpaired) electrons. The topological polar surface area (TPSA) is 72.6 Å². The molecule has 0 atom stereocenters. The number of hydrogen-bond donors (Lipinski definition) is 0. The molecule has 8 nitrogen and oxygen atoms in total. The van der Waals surface area contributed by atoms with Crippen LogP contribution in [0.3, 0.4) is 0 Å². The Morgan fingerprint density at radius 3 is 2.59 bits per heavy atom. The van der Waals surface area contributed by atoms with Crippen LogP contribution in [0.4, 0.5) is 0 Å². The monoisotopic (exact) mass is 401 g/mol. The summed E-state index contributed by atoms with van der Waals surface area (Å²) in [6.45, 7) is 10.6. The van der Waals surface area contributed by atoms with Gasteiger partial charge in [0.1, 0.15) is 11.4 Å². The fourth-order valence-electron chi connectivity index (χ4n) is 3.51. The van der Waals surface area contributed by atoms with E-state index in [1.54, 1.807) is 21.9 Å². The Labute approximate surface area is 171 Å². The molecule has 0 aliphatic carbocycles. The minimum absolute atomic E-state index is 0.0555. The van der Waals surface area contributed by atoms with E-state index in [0.717, 1.165) is 38.7 Å². The lowest BCUT2D eigenvalue weighted by Gasteiger charge is -2.28. The highest BCUT2D eigenvalue weighted by Gasteiger charge is 2.25. The predicted octanol–water partition coefficient (Wildman–Crippen LogP) is 1.27. The SMILES string of the molecule is Cc1ccn(CCN2CCOCC2)c(=O)c1C(=O)N(Cc1nccn1C)C(C)C. The molecule has 0 bridgehead atoms. The molecule has 8 heteroatoms. The molecule has 0 spiro atoms. The molecule has 3 rings (SSSR count). The summed E-state index contributed by atoms with van der Waals surface area (Å²) in [7, 11) is 1.90. The molecule has 1 aliphatic heterocycles. The molecule has 2 aromatic rings. The van der Waals surface area contributed by atoms with E-state index in [1.807, 2.05) is 44.6 Å². The van der Waals surface area contributed by atoms with Gasteiger partial charge >= 0.3 is 0 Å². The van der Waals surface area contributed by atoms with Crippen LogP contribution in [0.5, 0.6) is 0 Å². The third-order valence-electron chi connectivity index (χ3n) is 5.47. The largest absolute Gasteiger partial charge is 0.379 e. The Kier molecular flexibility index (Phi) is 6.87. The van der Waals surface area contributed by atoms with Crippen molar-refractivity contribution in [1.29, 1.82) is 0 Å². The van der Waals surface area contributed by atoms with Crippen molar-refractivity contribution in [1.82, 2.24) is 23.9 Å². The molecule has 1 fully saturated rings. The summed E-state index contributed by atoms with van der Waals surface area (Å²) < 4.78 is 8.91. The molecule has 158 valence electrons. The Bertz CT molecular complexity index is 896. The summed E-state index contributed by atoms with van der Waals surface area (Å²) in [5, 5.41) is 0. The number of morpholine rings is 1. The summed E-state index contributed by atoms with van der Waals surface area (Å²) in [5.74, 6) is 0.541. The third kappa shape index (κ3) is 4.94. The molecule has 1 aliphatic rings. The number of ether oxygens (including phenoxy) is 1. The van der Waals surface area contributed by atoms with Crippen LogP contribution in [0.2, 0.25) is 0 Å². The van der Waals surface area contributed by atoms with Gasteiger partial charge in [0, 0.05) is 57.9 Å². The predicted molar refractivity (Wildman–Crippen MR) is 111 cm³/mol.